The molecule has 0 aliphatic heterocycles. The fraction of sp³-hybridized carbons (Fsp3) is 0.667. The fourth-order valence-corrected chi connectivity index (χ4v) is 1.49. The van der Waals surface area contributed by atoms with Gasteiger partial charge in [0, 0.05) is 33.3 Å². The van der Waals surface area contributed by atoms with Gasteiger partial charge in [-0.3, -0.25) is 4.79 Å². The molecule has 0 spiro atoms. The first-order valence-corrected chi connectivity index (χ1v) is 6.24. The van der Waals surface area contributed by atoms with Crippen molar-refractivity contribution in [2.75, 3.05) is 52.0 Å². The van der Waals surface area contributed by atoms with Gasteiger partial charge < -0.3 is 20.1 Å². The highest BCUT2D eigenvalue weighted by Crippen LogP contribution is 2.05. The first kappa shape index (κ1) is 15.6. The normalized spacial score (nSPS) is 10.7. The van der Waals surface area contributed by atoms with Gasteiger partial charge in [0.25, 0.3) is 5.56 Å². The third kappa shape index (κ3) is 5.37. The molecular weight excluding hydrogens is 248 g/mol. The lowest BCUT2D eigenvalue weighted by Crippen LogP contribution is -2.28. The van der Waals surface area contributed by atoms with Crippen LogP contribution in [0.15, 0.2) is 17.1 Å². The molecule has 0 aliphatic rings. The second-order valence-corrected chi connectivity index (χ2v) is 4.09. The van der Waals surface area contributed by atoms with Crippen molar-refractivity contribution < 1.29 is 9.47 Å². The molecule has 0 aliphatic carbocycles. The highest BCUT2D eigenvalue weighted by molar-refractivity contribution is 5.41. The summed E-state index contributed by atoms with van der Waals surface area (Å²) >= 11 is 0. The van der Waals surface area contributed by atoms with Gasteiger partial charge in [0.1, 0.15) is 0 Å². The number of nitrogens with two attached hydrogens (primary N) is 1. The summed E-state index contributed by atoms with van der Waals surface area (Å²) in [5.41, 5.74) is 5.94. The number of anilines is 1. The van der Waals surface area contributed by atoms with Gasteiger partial charge in [0.15, 0.2) is 0 Å². The molecule has 0 amide bonds. The van der Waals surface area contributed by atoms with Gasteiger partial charge in [-0.1, -0.05) is 0 Å². The number of rotatable bonds is 9. The van der Waals surface area contributed by atoms with E-state index in [2.05, 4.69) is 5.10 Å². The first-order chi connectivity index (χ1) is 9.19. The molecule has 19 heavy (non-hydrogen) atoms. The number of hydrogen-bond donors (Lipinski definition) is 1. The fourth-order valence-electron chi connectivity index (χ4n) is 1.49. The van der Waals surface area contributed by atoms with Gasteiger partial charge >= 0.3 is 0 Å². The standard InChI is InChI=1S/C12H22N4O3/c1-15(4-7-18-2)11-9-12(17)16(14-10-11)5-8-19-6-3-13/h9-10H,3-8,13H2,1-2H3. The summed E-state index contributed by atoms with van der Waals surface area (Å²) in [6.07, 6.45) is 1.67. The third-order valence-corrected chi connectivity index (χ3v) is 2.64. The lowest BCUT2D eigenvalue weighted by atomic mass is 10.4. The van der Waals surface area contributed by atoms with E-state index in [0.717, 1.165) is 5.69 Å². The predicted octanol–water partition coefficient (Wildman–Crippen LogP) is -0.699. The van der Waals surface area contributed by atoms with Crippen molar-refractivity contribution in [3.63, 3.8) is 0 Å². The predicted molar refractivity (Wildman–Crippen MR) is 73.5 cm³/mol. The summed E-state index contributed by atoms with van der Waals surface area (Å²) in [5, 5.41) is 4.12. The van der Waals surface area contributed by atoms with Crippen molar-refractivity contribution in [3.05, 3.63) is 22.6 Å². The second-order valence-electron chi connectivity index (χ2n) is 4.09. The lowest BCUT2D eigenvalue weighted by molar-refractivity contribution is 0.129. The molecule has 1 aromatic rings. The number of aromatic nitrogens is 2. The van der Waals surface area contributed by atoms with Gasteiger partial charge in [-0.15, -0.1) is 0 Å². The van der Waals surface area contributed by atoms with Crippen LogP contribution in [0.1, 0.15) is 0 Å². The van der Waals surface area contributed by atoms with Gasteiger partial charge in [-0.2, -0.15) is 5.10 Å². The van der Waals surface area contributed by atoms with Gasteiger partial charge in [0.2, 0.25) is 0 Å². The van der Waals surface area contributed by atoms with Crippen molar-refractivity contribution in [3.8, 4) is 0 Å². The Morgan fingerprint density at radius 1 is 1.42 bits per heavy atom. The Morgan fingerprint density at radius 3 is 2.84 bits per heavy atom. The van der Waals surface area contributed by atoms with Crippen LogP contribution in [-0.4, -0.2) is 56.8 Å². The van der Waals surface area contributed by atoms with E-state index in [1.54, 1.807) is 19.4 Å². The Morgan fingerprint density at radius 2 is 2.21 bits per heavy atom. The number of nitrogens with zero attached hydrogens (tertiary/aromatic N) is 3. The minimum Gasteiger partial charge on any atom is -0.383 e. The molecule has 7 nitrogen and oxygen atoms in total. The molecule has 0 atom stereocenters. The molecule has 0 saturated carbocycles. The van der Waals surface area contributed by atoms with Crippen molar-refractivity contribution in [1.29, 1.82) is 0 Å². The first-order valence-electron chi connectivity index (χ1n) is 6.24. The highest BCUT2D eigenvalue weighted by Gasteiger charge is 2.04. The Kier molecular flexibility index (Phi) is 7.09. The molecule has 0 aromatic carbocycles. The molecule has 0 saturated heterocycles. The van der Waals surface area contributed by atoms with E-state index in [4.69, 9.17) is 15.2 Å². The molecule has 1 aromatic heterocycles. The maximum absolute atomic E-state index is 11.8. The molecule has 0 fully saturated rings. The summed E-state index contributed by atoms with van der Waals surface area (Å²) < 4.78 is 11.6. The minimum absolute atomic E-state index is 0.141. The summed E-state index contributed by atoms with van der Waals surface area (Å²) in [6, 6.07) is 1.56. The van der Waals surface area contributed by atoms with E-state index in [1.807, 2.05) is 11.9 Å². The number of likely N-dealkylation sites (N-methyl/N-ethyl adjacent to an activating group) is 1. The molecule has 1 rings (SSSR count). The molecule has 108 valence electrons. The van der Waals surface area contributed by atoms with E-state index in [-0.39, 0.29) is 5.56 Å². The molecule has 0 bridgehead atoms. The van der Waals surface area contributed by atoms with Crippen molar-refractivity contribution in [2.45, 2.75) is 6.54 Å². The van der Waals surface area contributed by atoms with E-state index < -0.39 is 0 Å². The van der Waals surface area contributed by atoms with Crippen LogP contribution in [0.5, 0.6) is 0 Å². The summed E-state index contributed by atoms with van der Waals surface area (Å²) in [6.45, 7) is 3.15. The van der Waals surface area contributed by atoms with Crippen LogP contribution in [0.4, 0.5) is 5.69 Å². The van der Waals surface area contributed by atoms with Crippen molar-refractivity contribution in [1.82, 2.24) is 9.78 Å². The topological polar surface area (TPSA) is 82.6 Å². The quantitative estimate of drug-likeness (QED) is 0.598. The zero-order chi connectivity index (χ0) is 14.1. The Labute approximate surface area is 112 Å². The van der Waals surface area contributed by atoms with E-state index >= 15 is 0 Å². The van der Waals surface area contributed by atoms with Gasteiger partial charge in [-0.25, -0.2) is 4.68 Å². The van der Waals surface area contributed by atoms with Gasteiger partial charge in [-0.05, 0) is 0 Å². The SMILES string of the molecule is COCCN(C)c1cnn(CCOCCN)c(=O)c1. The summed E-state index contributed by atoms with van der Waals surface area (Å²) in [5.74, 6) is 0. The average molecular weight is 270 g/mol. The lowest BCUT2D eigenvalue weighted by Gasteiger charge is -2.18. The summed E-state index contributed by atoms with van der Waals surface area (Å²) in [4.78, 5) is 13.8. The average Bonchev–Trinajstić information content (AvgIpc) is 2.42. The minimum atomic E-state index is -0.141. The number of ether oxygens (including phenoxy) is 2. The van der Waals surface area contributed by atoms with Crippen LogP contribution >= 0.6 is 0 Å². The maximum atomic E-state index is 11.8. The van der Waals surface area contributed by atoms with Crippen molar-refractivity contribution >= 4 is 5.69 Å². The van der Waals surface area contributed by atoms with Crippen LogP contribution in [-0.2, 0) is 16.0 Å². The number of methoxy groups -OCH3 is 1. The Balaban J connectivity index is 2.56. The van der Waals surface area contributed by atoms with Crippen molar-refractivity contribution in [2.24, 2.45) is 5.73 Å². The van der Waals surface area contributed by atoms with E-state index in [0.29, 0.717) is 39.5 Å². The molecular formula is C12H22N4O3. The second kappa shape index (κ2) is 8.63. The maximum Gasteiger partial charge on any atom is 0.268 e. The smallest absolute Gasteiger partial charge is 0.268 e. The molecule has 2 N–H and O–H groups in total. The van der Waals surface area contributed by atoms with Crippen LogP contribution in [0, 0.1) is 0 Å². The monoisotopic (exact) mass is 270 g/mol. The zero-order valence-corrected chi connectivity index (χ0v) is 11.5. The Bertz CT molecular complexity index is 422. The van der Waals surface area contributed by atoms with Crippen LogP contribution in [0.3, 0.4) is 0 Å². The zero-order valence-electron chi connectivity index (χ0n) is 11.5. The Hall–Kier alpha value is -1.44. The molecule has 0 radical (unpaired) electrons. The number of hydrogen-bond acceptors (Lipinski definition) is 6. The summed E-state index contributed by atoms with van der Waals surface area (Å²) in [7, 11) is 3.54. The molecule has 0 unspecified atom stereocenters. The molecule has 7 heteroatoms. The van der Waals surface area contributed by atoms with Crippen LogP contribution < -0.4 is 16.2 Å². The van der Waals surface area contributed by atoms with Crippen LogP contribution in [0.25, 0.3) is 0 Å². The third-order valence-electron chi connectivity index (χ3n) is 2.64. The van der Waals surface area contributed by atoms with Gasteiger partial charge in [0.05, 0.1) is 38.2 Å². The van der Waals surface area contributed by atoms with E-state index in [1.165, 1.54) is 4.68 Å². The van der Waals surface area contributed by atoms with E-state index in [9.17, 15) is 4.79 Å². The highest BCUT2D eigenvalue weighted by atomic mass is 16.5. The molecule has 1 heterocycles. The van der Waals surface area contributed by atoms with Crippen LogP contribution in [0.2, 0.25) is 0 Å². The largest absolute Gasteiger partial charge is 0.383 e.